The molecular formula is C22H28N2O3S. The average Bonchev–Trinajstić information content (AvgIpc) is 3.36. The highest BCUT2D eigenvalue weighted by Crippen LogP contribution is 2.32. The van der Waals surface area contributed by atoms with Crippen LogP contribution in [0.1, 0.15) is 66.8 Å². The Balaban J connectivity index is 1.62. The summed E-state index contributed by atoms with van der Waals surface area (Å²) in [4.78, 5) is 13.4. The molecule has 1 heterocycles. The predicted octanol–water partition coefficient (Wildman–Crippen LogP) is 5.18. The van der Waals surface area contributed by atoms with E-state index in [1.807, 2.05) is 36.6 Å². The summed E-state index contributed by atoms with van der Waals surface area (Å²) in [6.45, 7) is 4.65. The Labute approximate surface area is 170 Å². The minimum Gasteiger partial charge on any atom is -0.490 e. The number of nitrogens with one attached hydrogen (secondary N) is 1. The minimum atomic E-state index is -0.193. The third-order valence-corrected chi connectivity index (χ3v) is 5.65. The van der Waals surface area contributed by atoms with E-state index in [9.17, 15) is 4.79 Å². The molecule has 1 aliphatic carbocycles. The van der Waals surface area contributed by atoms with Crippen LogP contribution < -0.4 is 14.9 Å². The van der Waals surface area contributed by atoms with Gasteiger partial charge in [-0.1, -0.05) is 13.3 Å². The number of amides is 1. The van der Waals surface area contributed by atoms with Crippen LogP contribution in [-0.4, -0.2) is 24.8 Å². The van der Waals surface area contributed by atoms with Crippen LogP contribution in [0.15, 0.2) is 34.7 Å². The number of thiophene rings is 1. The van der Waals surface area contributed by atoms with E-state index in [4.69, 9.17) is 9.47 Å². The van der Waals surface area contributed by atoms with Crippen LogP contribution in [0.3, 0.4) is 0 Å². The van der Waals surface area contributed by atoms with E-state index >= 15 is 0 Å². The van der Waals surface area contributed by atoms with Crippen LogP contribution in [-0.2, 0) is 6.42 Å². The molecule has 0 radical (unpaired) electrons. The zero-order valence-corrected chi connectivity index (χ0v) is 17.4. The van der Waals surface area contributed by atoms with E-state index < -0.39 is 0 Å². The summed E-state index contributed by atoms with van der Waals surface area (Å²) in [5.41, 5.74) is 4.09. The highest BCUT2D eigenvalue weighted by Gasteiger charge is 2.18. The smallest absolute Gasteiger partial charge is 0.272 e. The minimum absolute atomic E-state index is 0.193. The van der Waals surface area contributed by atoms with Crippen LogP contribution in [0, 0.1) is 0 Å². The lowest BCUT2D eigenvalue weighted by molar-refractivity contribution is 0.0955. The zero-order chi connectivity index (χ0) is 19.8. The zero-order valence-electron chi connectivity index (χ0n) is 16.6. The number of aryl methyl sites for hydroxylation is 1. The number of carbonyl (C=O) groups is 1. The van der Waals surface area contributed by atoms with Crippen LogP contribution in [0.5, 0.6) is 11.5 Å². The van der Waals surface area contributed by atoms with Crippen LogP contribution in [0.2, 0.25) is 0 Å². The Bertz CT molecular complexity index is 810. The maximum atomic E-state index is 12.2. The third kappa shape index (κ3) is 5.58. The lowest BCUT2D eigenvalue weighted by atomic mass is 10.2. The van der Waals surface area contributed by atoms with Crippen LogP contribution in [0.25, 0.3) is 0 Å². The first-order valence-corrected chi connectivity index (χ1v) is 10.9. The van der Waals surface area contributed by atoms with Gasteiger partial charge in [-0.15, -0.1) is 11.3 Å². The van der Waals surface area contributed by atoms with Crippen molar-refractivity contribution in [3.8, 4) is 11.5 Å². The van der Waals surface area contributed by atoms with Gasteiger partial charge in [-0.3, -0.25) is 4.79 Å². The van der Waals surface area contributed by atoms with Gasteiger partial charge in [0.15, 0.2) is 11.5 Å². The standard InChI is InChI=1S/C22H28N2O3S/c1-3-7-19-13-17(15-28-19)22(25)24-23-14-16-10-11-20(21(12-16)26-4-2)27-18-8-5-6-9-18/h10-15,18H,3-9H2,1-2H3,(H,24,25)/b23-14+. The van der Waals surface area contributed by atoms with Gasteiger partial charge >= 0.3 is 0 Å². The van der Waals surface area contributed by atoms with Gasteiger partial charge in [-0.2, -0.15) is 5.10 Å². The van der Waals surface area contributed by atoms with Crippen molar-refractivity contribution < 1.29 is 14.3 Å². The van der Waals surface area contributed by atoms with Gasteiger partial charge in [0.2, 0.25) is 0 Å². The molecule has 0 unspecified atom stereocenters. The number of benzene rings is 1. The lowest BCUT2D eigenvalue weighted by Crippen LogP contribution is -2.16. The molecule has 1 aliphatic rings. The van der Waals surface area contributed by atoms with Crippen molar-refractivity contribution in [3.63, 3.8) is 0 Å². The third-order valence-electron chi connectivity index (χ3n) is 4.66. The number of hydrazone groups is 1. The predicted molar refractivity (Wildman–Crippen MR) is 114 cm³/mol. The molecule has 1 fully saturated rings. The summed E-state index contributed by atoms with van der Waals surface area (Å²) in [7, 11) is 0. The molecule has 2 aromatic rings. The molecule has 0 spiro atoms. The summed E-state index contributed by atoms with van der Waals surface area (Å²) in [6, 6.07) is 7.67. The largest absolute Gasteiger partial charge is 0.490 e. The second-order valence-corrected chi connectivity index (χ2v) is 7.91. The van der Waals surface area contributed by atoms with E-state index in [1.165, 1.54) is 17.7 Å². The lowest BCUT2D eigenvalue weighted by Gasteiger charge is -2.16. The summed E-state index contributed by atoms with van der Waals surface area (Å²) in [5, 5.41) is 5.96. The molecule has 3 rings (SSSR count). The van der Waals surface area contributed by atoms with Crippen molar-refractivity contribution in [2.75, 3.05) is 6.61 Å². The van der Waals surface area contributed by atoms with Gasteiger partial charge in [-0.25, -0.2) is 5.43 Å². The van der Waals surface area contributed by atoms with Crippen LogP contribution in [0.4, 0.5) is 0 Å². The van der Waals surface area contributed by atoms with Crippen LogP contribution >= 0.6 is 11.3 Å². The van der Waals surface area contributed by atoms with Crippen molar-refractivity contribution in [1.29, 1.82) is 0 Å². The van der Waals surface area contributed by atoms with E-state index in [1.54, 1.807) is 17.6 Å². The molecule has 1 aromatic heterocycles. The van der Waals surface area contributed by atoms with Crippen molar-refractivity contribution in [1.82, 2.24) is 5.43 Å². The summed E-state index contributed by atoms with van der Waals surface area (Å²) in [6.07, 6.45) is 8.62. The van der Waals surface area contributed by atoms with Crippen molar-refractivity contribution in [2.45, 2.75) is 58.5 Å². The topological polar surface area (TPSA) is 59.9 Å². The Morgan fingerprint density at radius 1 is 1.25 bits per heavy atom. The first-order chi connectivity index (χ1) is 13.7. The number of nitrogens with zero attached hydrogens (tertiary/aromatic N) is 1. The number of ether oxygens (including phenoxy) is 2. The molecule has 1 amide bonds. The molecule has 1 saturated carbocycles. The molecule has 0 saturated heterocycles. The molecule has 150 valence electrons. The Hall–Kier alpha value is -2.34. The fourth-order valence-electron chi connectivity index (χ4n) is 3.26. The Morgan fingerprint density at radius 2 is 2.07 bits per heavy atom. The first kappa shape index (κ1) is 20.4. The SMILES string of the molecule is CCCc1cc(C(=O)N/N=C/c2ccc(OC3CCCC3)c(OCC)c2)cs1. The molecule has 28 heavy (non-hydrogen) atoms. The molecule has 1 N–H and O–H groups in total. The summed E-state index contributed by atoms with van der Waals surface area (Å²) >= 11 is 1.61. The highest BCUT2D eigenvalue weighted by atomic mass is 32.1. The summed E-state index contributed by atoms with van der Waals surface area (Å²) in [5.74, 6) is 1.30. The Morgan fingerprint density at radius 3 is 2.82 bits per heavy atom. The monoisotopic (exact) mass is 400 g/mol. The molecule has 0 bridgehead atoms. The molecule has 6 heteroatoms. The number of hydrogen-bond donors (Lipinski definition) is 1. The summed E-state index contributed by atoms with van der Waals surface area (Å²) < 4.78 is 11.8. The molecular weight excluding hydrogens is 372 g/mol. The normalized spacial score (nSPS) is 14.5. The number of hydrogen-bond acceptors (Lipinski definition) is 5. The second kappa shape index (κ2) is 10.3. The molecule has 0 aliphatic heterocycles. The molecule has 1 aromatic carbocycles. The van der Waals surface area contributed by atoms with Gasteiger partial charge in [0.1, 0.15) is 0 Å². The van der Waals surface area contributed by atoms with E-state index in [0.29, 0.717) is 17.9 Å². The maximum absolute atomic E-state index is 12.2. The quantitative estimate of drug-likeness (QED) is 0.466. The molecule has 0 atom stereocenters. The maximum Gasteiger partial charge on any atom is 0.272 e. The van der Waals surface area contributed by atoms with Crippen molar-refractivity contribution >= 4 is 23.5 Å². The van der Waals surface area contributed by atoms with Gasteiger partial charge < -0.3 is 9.47 Å². The van der Waals surface area contributed by atoms with Gasteiger partial charge in [-0.05, 0) is 68.9 Å². The van der Waals surface area contributed by atoms with Crippen molar-refractivity contribution in [2.24, 2.45) is 5.10 Å². The van der Waals surface area contributed by atoms with Gasteiger partial charge in [0.05, 0.1) is 24.5 Å². The van der Waals surface area contributed by atoms with E-state index in [2.05, 4.69) is 17.5 Å². The fraction of sp³-hybridized carbons (Fsp3) is 0.455. The average molecular weight is 401 g/mol. The van der Waals surface area contributed by atoms with Gasteiger partial charge in [0.25, 0.3) is 5.91 Å². The Kier molecular flexibility index (Phi) is 7.48. The van der Waals surface area contributed by atoms with Gasteiger partial charge in [0, 0.05) is 10.3 Å². The second-order valence-electron chi connectivity index (χ2n) is 6.91. The fourth-order valence-corrected chi connectivity index (χ4v) is 4.23. The number of rotatable bonds is 9. The molecule has 5 nitrogen and oxygen atoms in total. The first-order valence-electron chi connectivity index (χ1n) is 10.0. The highest BCUT2D eigenvalue weighted by molar-refractivity contribution is 7.10. The van der Waals surface area contributed by atoms with Crippen molar-refractivity contribution in [3.05, 3.63) is 45.6 Å². The van der Waals surface area contributed by atoms with E-state index in [-0.39, 0.29) is 12.0 Å². The number of carbonyl (C=O) groups excluding carboxylic acids is 1. The van der Waals surface area contributed by atoms with E-state index in [0.717, 1.165) is 37.0 Å².